The van der Waals surface area contributed by atoms with Crippen LogP contribution in [0.4, 0.5) is 0 Å². The van der Waals surface area contributed by atoms with Gasteiger partial charge in [-0.2, -0.15) is 0 Å². The van der Waals surface area contributed by atoms with Gasteiger partial charge in [0.2, 0.25) is 5.91 Å². The Balaban J connectivity index is 4.47. The van der Waals surface area contributed by atoms with Crippen molar-refractivity contribution in [1.29, 1.82) is 0 Å². The third-order valence-electron chi connectivity index (χ3n) is 1.81. The first kappa shape index (κ1) is 12.1. The van der Waals surface area contributed by atoms with Crippen LogP contribution >= 0.6 is 0 Å². The van der Waals surface area contributed by atoms with Gasteiger partial charge in [-0.1, -0.05) is 0 Å². The summed E-state index contributed by atoms with van der Waals surface area (Å²) in [6.45, 7) is 4.54. The number of rotatable bonds is 4. The van der Waals surface area contributed by atoms with Crippen molar-refractivity contribution in [3.63, 3.8) is 0 Å². The van der Waals surface area contributed by atoms with Crippen LogP contribution in [0.2, 0.25) is 0 Å². The van der Waals surface area contributed by atoms with Crippen LogP contribution in [0.5, 0.6) is 0 Å². The second kappa shape index (κ2) is 3.43. The topological polar surface area (TPSA) is 112 Å². The molecule has 0 saturated carbocycles. The van der Waals surface area contributed by atoms with E-state index in [9.17, 15) is 9.59 Å². The van der Waals surface area contributed by atoms with Crippen LogP contribution in [0.15, 0.2) is 0 Å². The molecular formula is C8H17N3O2. The monoisotopic (exact) mass is 187 g/mol. The van der Waals surface area contributed by atoms with E-state index < -0.39 is 17.0 Å². The zero-order chi connectivity index (χ0) is 10.9. The molecule has 0 bridgehead atoms. The van der Waals surface area contributed by atoms with Gasteiger partial charge < -0.3 is 17.2 Å². The predicted octanol–water partition coefficient (Wildman–Crippen LogP) is -1.11. The standard InChI is InChI=1S/C8H17N3O2/c1-7(2,10)5(12)4-8(3,11)6(9)13/h4,10-11H2,1-3H3,(H2,9,13). The van der Waals surface area contributed by atoms with E-state index in [1.165, 1.54) is 6.92 Å². The van der Waals surface area contributed by atoms with Gasteiger partial charge in [0.1, 0.15) is 0 Å². The Morgan fingerprint density at radius 3 is 1.77 bits per heavy atom. The summed E-state index contributed by atoms with van der Waals surface area (Å²) in [6.07, 6.45) is -0.133. The van der Waals surface area contributed by atoms with Crippen LogP contribution in [0.1, 0.15) is 27.2 Å². The van der Waals surface area contributed by atoms with Gasteiger partial charge in [-0.15, -0.1) is 0 Å². The first-order valence-corrected chi connectivity index (χ1v) is 3.98. The van der Waals surface area contributed by atoms with Gasteiger partial charge in [-0.3, -0.25) is 9.59 Å². The Morgan fingerprint density at radius 2 is 1.54 bits per heavy atom. The molecule has 0 aliphatic heterocycles. The molecule has 1 amide bonds. The second-order valence-corrected chi connectivity index (χ2v) is 4.10. The van der Waals surface area contributed by atoms with Gasteiger partial charge in [0.15, 0.2) is 5.78 Å². The van der Waals surface area contributed by atoms with Crippen LogP contribution in [0.25, 0.3) is 0 Å². The third kappa shape index (κ3) is 3.52. The average molecular weight is 187 g/mol. The summed E-state index contributed by atoms with van der Waals surface area (Å²) in [4.78, 5) is 22.2. The lowest BCUT2D eigenvalue weighted by molar-refractivity contribution is -0.130. The molecule has 1 unspecified atom stereocenters. The maximum atomic E-state index is 11.4. The summed E-state index contributed by atoms with van der Waals surface area (Å²) in [5.41, 5.74) is 13.8. The van der Waals surface area contributed by atoms with Crippen molar-refractivity contribution in [2.24, 2.45) is 17.2 Å². The molecule has 6 N–H and O–H groups in total. The molecule has 13 heavy (non-hydrogen) atoms. The zero-order valence-electron chi connectivity index (χ0n) is 8.26. The quantitative estimate of drug-likeness (QED) is 0.517. The number of nitrogens with two attached hydrogens (primary N) is 3. The van der Waals surface area contributed by atoms with E-state index in [4.69, 9.17) is 17.2 Å². The molecule has 1 atom stereocenters. The molecule has 0 aromatic carbocycles. The Labute approximate surface area is 77.6 Å². The van der Waals surface area contributed by atoms with Crippen molar-refractivity contribution in [3.05, 3.63) is 0 Å². The molecule has 0 saturated heterocycles. The van der Waals surface area contributed by atoms with Crippen molar-refractivity contribution in [2.45, 2.75) is 38.3 Å². The molecule has 0 aromatic heterocycles. The summed E-state index contributed by atoms with van der Waals surface area (Å²) in [5.74, 6) is -0.985. The summed E-state index contributed by atoms with van der Waals surface area (Å²) >= 11 is 0. The smallest absolute Gasteiger partial charge is 0.237 e. The van der Waals surface area contributed by atoms with Crippen LogP contribution in [0.3, 0.4) is 0 Å². The Morgan fingerprint density at radius 1 is 1.15 bits per heavy atom. The van der Waals surface area contributed by atoms with Crippen LogP contribution < -0.4 is 17.2 Å². The number of amides is 1. The average Bonchev–Trinajstić information content (AvgIpc) is 1.83. The molecule has 5 nitrogen and oxygen atoms in total. The highest BCUT2D eigenvalue weighted by Crippen LogP contribution is 2.11. The number of carbonyl (C=O) groups excluding carboxylic acids is 2. The van der Waals surface area contributed by atoms with E-state index in [1.54, 1.807) is 13.8 Å². The van der Waals surface area contributed by atoms with E-state index in [2.05, 4.69) is 0 Å². The molecule has 0 spiro atoms. The first-order valence-electron chi connectivity index (χ1n) is 3.98. The number of hydrogen-bond acceptors (Lipinski definition) is 4. The summed E-state index contributed by atoms with van der Waals surface area (Å²) in [6, 6.07) is 0. The molecule has 0 aromatic rings. The normalized spacial score (nSPS) is 16.4. The van der Waals surface area contributed by atoms with Crippen LogP contribution in [-0.4, -0.2) is 22.8 Å². The van der Waals surface area contributed by atoms with E-state index in [-0.39, 0.29) is 12.2 Å². The van der Waals surface area contributed by atoms with E-state index in [0.717, 1.165) is 0 Å². The number of ketones is 1. The lowest BCUT2D eigenvalue weighted by atomic mass is 9.88. The second-order valence-electron chi connectivity index (χ2n) is 4.10. The van der Waals surface area contributed by atoms with Gasteiger partial charge in [0.25, 0.3) is 0 Å². The molecule has 0 aliphatic carbocycles. The van der Waals surface area contributed by atoms with Gasteiger partial charge in [-0.25, -0.2) is 0 Å². The number of carbonyl (C=O) groups is 2. The lowest BCUT2D eigenvalue weighted by Crippen LogP contribution is -2.54. The van der Waals surface area contributed by atoms with E-state index >= 15 is 0 Å². The molecule has 0 heterocycles. The fraction of sp³-hybridized carbons (Fsp3) is 0.750. The number of primary amides is 1. The van der Waals surface area contributed by atoms with E-state index in [0.29, 0.717) is 0 Å². The fourth-order valence-electron chi connectivity index (χ4n) is 0.648. The number of hydrogen-bond donors (Lipinski definition) is 3. The molecule has 0 fully saturated rings. The maximum absolute atomic E-state index is 11.4. The summed E-state index contributed by atoms with van der Waals surface area (Å²) < 4.78 is 0. The zero-order valence-corrected chi connectivity index (χ0v) is 8.26. The maximum Gasteiger partial charge on any atom is 0.237 e. The highest BCUT2D eigenvalue weighted by atomic mass is 16.2. The van der Waals surface area contributed by atoms with Crippen molar-refractivity contribution in [2.75, 3.05) is 0 Å². The minimum Gasteiger partial charge on any atom is -0.368 e. The van der Waals surface area contributed by atoms with Crippen molar-refractivity contribution < 1.29 is 9.59 Å². The van der Waals surface area contributed by atoms with Crippen molar-refractivity contribution in [1.82, 2.24) is 0 Å². The highest BCUT2D eigenvalue weighted by molar-refractivity contribution is 5.95. The first-order chi connectivity index (χ1) is 5.57. The minimum absolute atomic E-state index is 0.133. The molecular weight excluding hydrogens is 170 g/mol. The van der Waals surface area contributed by atoms with Crippen LogP contribution in [-0.2, 0) is 9.59 Å². The van der Waals surface area contributed by atoms with Gasteiger partial charge in [0.05, 0.1) is 11.1 Å². The Hall–Kier alpha value is -0.940. The minimum atomic E-state index is -1.31. The highest BCUT2D eigenvalue weighted by Gasteiger charge is 2.33. The largest absolute Gasteiger partial charge is 0.368 e. The van der Waals surface area contributed by atoms with Crippen molar-refractivity contribution in [3.8, 4) is 0 Å². The molecule has 76 valence electrons. The van der Waals surface area contributed by atoms with Crippen molar-refractivity contribution >= 4 is 11.7 Å². The van der Waals surface area contributed by atoms with Gasteiger partial charge in [0, 0.05) is 6.42 Å². The molecule has 0 radical (unpaired) electrons. The van der Waals surface area contributed by atoms with E-state index in [1.807, 2.05) is 0 Å². The predicted molar refractivity (Wildman–Crippen MR) is 49.7 cm³/mol. The molecule has 5 heteroatoms. The summed E-state index contributed by atoms with van der Waals surface area (Å²) in [5, 5.41) is 0. The lowest BCUT2D eigenvalue weighted by Gasteiger charge is -2.24. The van der Waals surface area contributed by atoms with Crippen LogP contribution in [0, 0.1) is 0 Å². The third-order valence-corrected chi connectivity index (χ3v) is 1.81. The molecule has 0 aliphatic rings. The molecule has 0 rings (SSSR count). The van der Waals surface area contributed by atoms with Gasteiger partial charge >= 0.3 is 0 Å². The Bertz CT molecular complexity index is 228. The SMILES string of the molecule is CC(C)(N)C(=O)CC(C)(N)C(N)=O. The fourth-order valence-corrected chi connectivity index (χ4v) is 0.648. The number of Topliss-reactive ketones (excluding diaryl/α,β-unsaturated/α-hetero) is 1. The Kier molecular flexibility index (Phi) is 3.18. The van der Waals surface area contributed by atoms with Gasteiger partial charge in [-0.05, 0) is 20.8 Å². The summed E-state index contributed by atoms with van der Waals surface area (Å²) in [7, 11) is 0.